The molecule has 0 aliphatic heterocycles. The van der Waals surface area contributed by atoms with Gasteiger partial charge in [0.1, 0.15) is 15.7 Å². The maximum absolute atomic E-state index is 11.6. The molecule has 0 aliphatic rings. The van der Waals surface area contributed by atoms with Crippen LogP contribution in [0.2, 0.25) is 0 Å². The molecule has 106 valence electrons. The number of nitrogens with zero attached hydrogens (tertiary/aromatic N) is 3. The fourth-order valence-electron chi connectivity index (χ4n) is 1.32. The summed E-state index contributed by atoms with van der Waals surface area (Å²) in [4.78, 5) is 13.0. The van der Waals surface area contributed by atoms with Crippen molar-refractivity contribution in [2.45, 2.75) is 6.42 Å². The molecule has 0 saturated carbocycles. The second-order valence-corrected chi connectivity index (χ2v) is 6.67. The molecule has 1 heterocycles. The number of rotatable bonds is 6. The Morgan fingerprint density at radius 2 is 2.00 bits per heavy atom. The lowest BCUT2D eigenvalue weighted by atomic mass is 10.3. The monoisotopic (exact) mass is 286 g/mol. The Bertz CT molecular complexity index is 525. The molecule has 0 radical (unpaired) electrons. The number of aromatic nitrogens is 2. The van der Waals surface area contributed by atoms with Crippen molar-refractivity contribution in [3.63, 3.8) is 0 Å². The Morgan fingerprint density at radius 1 is 1.32 bits per heavy atom. The Labute approximate surface area is 112 Å². The van der Waals surface area contributed by atoms with Crippen molar-refractivity contribution in [3.05, 3.63) is 17.8 Å². The molecule has 8 heteroatoms. The average Bonchev–Trinajstić information content (AvgIpc) is 2.33. The van der Waals surface area contributed by atoms with E-state index in [1.165, 1.54) is 11.2 Å². The molecule has 0 aromatic carbocycles. The molecule has 1 aromatic heterocycles. The topological polar surface area (TPSA) is 92.3 Å². The highest BCUT2D eigenvalue weighted by Crippen LogP contribution is 2.04. The number of carbonyl (C=O) groups excluding carboxylic acids is 1. The second-order valence-electron chi connectivity index (χ2n) is 4.41. The minimum Gasteiger partial charge on any atom is -0.369 e. The van der Waals surface area contributed by atoms with Gasteiger partial charge in [0.05, 0.1) is 5.75 Å². The van der Waals surface area contributed by atoms with Crippen molar-refractivity contribution in [2.24, 2.45) is 0 Å². The fourth-order valence-corrected chi connectivity index (χ4v) is 1.99. The molecule has 0 aliphatic carbocycles. The zero-order chi connectivity index (χ0) is 14.5. The quantitative estimate of drug-likeness (QED) is 0.741. The van der Waals surface area contributed by atoms with Gasteiger partial charge in [0.15, 0.2) is 5.69 Å². The summed E-state index contributed by atoms with van der Waals surface area (Å²) in [6, 6.07) is 3.22. The second kappa shape index (κ2) is 6.46. The summed E-state index contributed by atoms with van der Waals surface area (Å²) < 4.78 is 21.9. The van der Waals surface area contributed by atoms with Crippen molar-refractivity contribution in [2.75, 3.05) is 38.0 Å². The first kappa shape index (κ1) is 15.4. The molecule has 0 bridgehead atoms. The lowest BCUT2D eigenvalue weighted by molar-refractivity contribution is 0.0821. The van der Waals surface area contributed by atoms with Crippen LogP contribution in [0.5, 0.6) is 0 Å². The van der Waals surface area contributed by atoms with Gasteiger partial charge in [-0.15, -0.1) is 10.2 Å². The number of hydrogen-bond acceptors (Lipinski definition) is 6. The number of carbonyl (C=O) groups is 1. The van der Waals surface area contributed by atoms with Gasteiger partial charge in [-0.1, -0.05) is 0 Å². The Hall–Kier alpha value is -1.70. The predicted molar refractivity (Wildman–Crippen MR) is 72.9 cm³/mol. The zero-order valence-corrected chi connectivity index (χ0v) is 12.1. The van der Waals surface area contributed by atoms with Crippen molar-refractivity contribution < 1.29 is 13.2 Å². The van der Waals surface area contributed by atoms with Crippen LogP contribution in [-0.2, 0) is 9.84 Å². The summed E-state index contributed by atoms with van der Waals surface area (Å²) in [6.07, 6.45) is 1.70. The summed E-state index contributed by atoms with van der Waals surface area (Å²) >= 11 is 0. The van der Waals surface area contributed by atoms with Crippen LogP contribution >= 0.6 is 0 Å². The SMILES string of the molecule is CN(C)C(=O)c1ccc(NCCCS(C)(=O)=O)nn1. The van der Waals surface area contributed by atoms with Crippen LogP contribution in [0.1, 0.15) is 16.9 Å². The Balaban J connectivity index is 2.47. The van der Waals surface area contributed by atoms with Gasteiger partial charge in [0, 0.05) is 26.9 Å². The van der Waals surface area contributed by atoms with E-state index < -0.39 is 9.84 Å². The van der Waals surface area contributed by atoms with E-state index in [9.17, 15) is 13.2 Å². The largest absolute Gasteiger partial charge is 0.369 e. The molecule has 7 nitrogen and oxygen atoms in total. The van der Waals surface area contributed by atoms with E-state index in [0.29, 0.717) is 18.8 Å². The van der Waals surface area contributed by atoms with Crippen molar-refractivity contribution in [1.82, 2.24) is 15.1 Å². The molecular weight excluding hydrogens is 268 g/mol. The number of nitrogens with one attached hydrogen (secondary N) is 1. The summed E-state index contributed by atoms with van der Waals surface area (Å²) in [7, 11) is 0.348. The number of hydrogen-bond donors (Lipinski definition) is 1. The number of sulfone groups is 1. The molecule has 19 heavy (non-hydrogen) atoms. The third-order valence-electron chi connectivity index (χ3n) is 2.29. The predicted octanol–water partition coefficient (Wildman–Crippen LogP) is 0.0250. The van der Waals surface area contributed by atoms with E-state index in [-0.39, 0.29) is 17.4 Å². The molecule has 0 fully saturated rings. The van der Waals surface area contributed by atoms with E-state index in [1.807, 2.05) is 0 Å². The standard InChI is InChI=1S/C11H18N4O3S/c1-15(2)11(16)9-5-6-10(14-13-9)12-7-4-8-19(3,17)18/h5-6H,4,7-8H2,1-3H3,(H,12,14). The molecular formula is C11H18N4O3S. The van der Waals surface area contributed by atoms with Gasteiger partial charge in [0.2, 0.25) is 0 Å². The summed E-state index contributed by atoms with van der Waals surface area (Å²) in [5.41, 5.74) is 0.270. The molecule has 0 saturated heterocycles. The van der Waals surface area contributed by atoms with E-state index in [1.54, 1.807) is 26.2 Å². The van der Waals surface area contributed by atoms with Crippen molar-refractivity contribution >= 4 is 21.6 Å². The van der Waals surface area contributed by atoms with Crippen molar-refractivity contribution in [3.8, 4) is 0 Å². The average molecular weight is 286 g/mol. The smallest absolute Gasteiger partial charge is 0.273 e. The highest BCUT2D eigenvalue weighted by atomic mass is 32.2. The number of anilines is 1. The van der Waals surface area contributed by atoms with Crippen LogP contribution in [0.15, 0.2) is 12.1 Å². The van der Waals surface area contributed by atoms with Crippen LogP contribution < -0.4 is 5.32 Å². The minimum absolute atomic E-state index is 0.130. The highest BCUT2D eigenvalue weighted by Gasteiger charge is 2.09. The maximum Gasteiger partial charge on any atom is 0.273 e. The van der Waals surface area contributed by atoms with Gasteiger partial charge in [-0.25, -0.2) is 8.42 Å². The van der Waals surface area contributed by atoms with Crippen LogP contribution in [-0.4, -0.2) is 62.1 Å². The summed E-state index contributed by atoms with van der Waals surface area (Å²) in [5.74, 6) is 0.435. The van der Waals surface area contributed by atoms with E-state index in [0.717, 1.165) is 0 Å². The van der Waals surface area contributed by atoms with Gasteiger partial charge in [-0.05, 0) is 18.6 Å². The van der Waals surface area contributed by atoms with Gasteiger partial charge in [0.25, 0.3) is 5.91 Å². The lowest BCUT2D eigenvalue weighted by Gasteiger charge is -2.09. The van der Waals surface area contributed by atoms with E-state index in [2.05, 4.69) is 15.5 Å². The van der Waals surface area contributed by atoms with Crippen LogP contribution in [0, 0.1) is 0 Å². The molecule has 0 atom stereocenters. The first-order valence-electron chi connectivity index (χ1n) is 5.76. The molecule has 1 amide bonds. The summed E-state index contributed by atoms with van der Waals surface area (Å²) in [6.45, 7) is 0.489. The van der Waals surface area contributed by atoms with Gasteiger partial charge < -0.3 is 10.2 Å². The van der Waals surface area contributed by atoms with Gasteiger partial charge in [-0.2, -0.15) is 0 Å². The van der Waals surface area contributed by atoms with Gasteiger partial charge >= 0.3 is 0 Å². The Kier molecular flexibility index (Phi) is 5.22. The lowest BCUT2D eigenvalue weighted by Crippen LogP contribution is -2.23. The minimum atomic E-state index is -2.93. The normalized spacial score (nSPS) is 11.1. The fraction of sp³-hybridized carbons (Fsp3) is 0.545. The molecule has 1 rings (SSSR count). The molecule has 1 aromatic rings. The van der Waals surface area contributed by atoms with Crippen molar-refractivity contribution in [1.29, 1.82) is 0 Å². The summed E-state index contributed by atoms with van der Waals surface area (Å²) in [5, 5.41) is 10.6. The Morgan fingerprint density at radius 3 is 2.47 bits per heavy atom. The highest BCUT2D eigenvalue weighted by molar-refractivity contribution is 7.90. The van der Waals surface area contributed by atoms with E-state index >= 15 is 0 Å². The first-order chi connectivity index (χ1) is 8.79. The van der Waals surface area contributed by atoms with Crippen LogP contribution in [0.25, 0.3) is 0 Å². The van der Waals surface area contributed by atoms with Crippen LogP contribution in [0.4, 0.5) is 5.82 Å². The third kappa shape index (κ3) is 5.64. The van der Waals surface area contributed by atoms with Gasteiger partial charge in [-0.3, -0.25) is 4.79 Å². The maximum atomic E-state index is 11.6. The van der Waals surface area contributed by atoms with E-state index in [4.69, 9.17) is 0 Å². The zero-order valence-electron chi connectivity index (χ0n) is 11.3. The van der Waals surface area contributed by atoms with Crippen LogP contribution in [0.3, 0.4) is 0 Å². The number of amides is 1. The molecule has 0 unspecified atom stereocenters. The molecule has 1 N–H and O–H groups in total. The first-order valence-corrected chi connectivity index (χ1v) is 7.82. The third-order valence-corrected chi connectivity index (χ3v) is 3.32. The molecule has 0 spiro atoms.